The van der Waals surface area contributed by atoms with Gasteiger partial charge in [-0.3, -0.25) is 4.79 Å². The number of benzene rings is 2. The average molecular weight is 463 g/mol. The predicted molar refractivity (Wildman–Crippen MR) is 127 cm³/mol. The molecule has 7 nitrogen and oxygen atoms in total. The Morgan fingerprint density at radius 3 is 2.35 bits per heavy atom. The van der Waals surface area contributed by atoms with Crippen molar-refractivity contribution in [1.82, 2.24) is 9.97 Å². The zero-order valence-corrected chi connectivity index (χ0v) is 19.1. The zero-order chi connectivity index (χ0) is 23.5. The summed E-state index contributed by atoms with van der Waals surface area (Å²) in [7, 11) is 0. The fraction of sp³-hybridized carbons (Fsp3) is 0.346. The smallest absolute Gasteiger partial charge is 0.227 e. The second-order valence-electron chi connectivity index (χ2n) is 8.75. The first-order valence-electron chi connectivity index (χ1n) is 11.7. The van der Waals surface area contributed by atoms with Crippen molar-refractivity contribution in [2.45, 2.75) is 39.0 Å². The van der Waals surface area contributed by atoms with E-state index in [1.54, 1.807) is 36.7 Å². The molecule has 0 atom stereocenters. The van der Waals surface area contributed by atoms with Crippen molar-refractivity contribution in [3.05, 3.63) is 60.2 Å². The minimum atomic E-state index is -0.351. The number of hydrogen-bond donors (Lipinski definition) is 1. The predicted octanol–water partition coefficient (Wildman–Crippen LogP) is 5.85. The van der Waals surface area contributed by atoms with Crippen molar-refractivity contribution in [2.24, 2.45) is 5.92 Å². The Balaban J connectivity index is 1.39. The number of carbonyl (C=O) groups is 1. The quantitative estimate of drug-likeness (QED) is 0.475. The molecule has 8 heteroatoms. The van der Waals surface area contributed by atoms with Gasteiger partial charge in [0.2, 0.25) is 11.9 Å². The number of ether oxygens (including phenoxy) is 2. The molecule has 1 N–H and O–H groups in total. The minimum Gasteiger partial charge on any atom is -0.455 e. The van der Waals surface area contributed by atoms with E-state index in [-0.39, 0.29) is 17.6 Å². The third kappa shape index (κ3) is 5.11. The molecule has 0 unspecified atom stereocenters. The third-order valence-electron chi connectivity index (χ3n) is 6.08. The summed E-state index contributed by atoms with van der Waals surface area (Å²) in [5.74, 6) is 2.34. The molecule has 1 aromatic heterocycles. The number of carbonyl (C=O) groups excluding carboxylic acids is 1. The van der Waals surface area contributed by atoms with Crippen LogP contribution in [0.4, 0.5) is 16.0 Å². The summed E-state index contributed by atoms with van der Waals surface area (Å²) in [6, 6.07) is 9.28. The summed E-state index contributed by atoms with van der Waals surface area (Å²) in [4.78, 5) is 23.5. The molecule has 176 valence electrons. The number of aromatic nitrogens is 2. The molecule has 2 heterocycles. The second-order valence-corrected chi connectivity index (χ2v) is 8.75. The maximum atomic E-state index is 13.4. The molecule has 1 amide bonds. The summed E-state index contributed by atoms with van der Waals surface area (Å²) in [6.45, 7) is 3.79. The van der Waals surface area contributed by atoms with E-state index in [1.165, 1.54) is 18.6 Å². The first-order chi connectivity index (χ1) is 16.6. The van der Waals surface area contributed by atoms with Crippen molar-refractivity contribution in [3.63, 3.8) is 0 Å². The Bertz CT molecular complexity index is 1160. The van der Waals surface area contributed by atoms with E-state index in [4.69, 9.17) is 9.47 Å². The number of halogens is 1. The summed E-state index contributed by atoms with van der Waals surface area (Å²) < 4.78 is 25.5. The van der Waals surface area contributed by atoms with E-state index in [0.29, 0.717) is 40.2 Å². The van der Waals surface area contributed by atoms with Gasteiger partial charge in [0.05, 0.1) is 18.1 Å². The average Bonchev–Trinajstić information content (AvgIpc) is 3.71. The van der Waals surface area contributed by atoms with Gasteiger partial charge in [0, 0.05) is 24.6 Å². The number of rotatable bonds is 7. The van der Waals surface area contributed by atoms with Crippen molar-refractivity contribution < 1.29 is 18.7 Å². The molecule has 0 spiro atoms. The van der Waals surface area contributed by atoms with Crippen molar-refractivity contribution in [1.29, 1.82) is 0 Å². The summed E-state index contributed by atoms with van der Waals surface area (Å²) in [6.07, 6.45) is 8.68. The van der Waals surface area contributed by atoms with Crippen molar-refractivity contribution >= 4 is 17.5 Å². The Morgan fingerprint density at radius 2 is 1.68 bits per heavy atom. The van der Waals surface area contributed by atoms with Gasteiger partial charge in [0.25, 0.3) is 0 Å². The van der Waals surface area contributed by atoms with Gasteiger partial charge in [-0.05, 0) is 75.4 Å². The standard InChI is InChI=1S/C26H27FN4O3/c1-17-23(33-21-15-28-26(29-16-21)31-13-3-2-4-14-31)12-11-22(30-25(32)18-5-6-18)24(17)34-20-9-7-19(27)8-10-20/h7-12,15-16,18H,2-6,13-14H2,1H3,(H,30,32). The lowest BCUT2D eigenvalue weighted by Gasteiger charge is -2.26. The van der Waals surface area contributed by atoms with Gasteiger partial charge in [0.15, 0.2) is 11.5 Å². The highest BCUT2D eigenvalue weighted by atomic mass is 19.1. The van der Waals surface area contributed by atoms with Gasteiger partial charge < -0.3 is 19.7 Å². The molecule has 1 aliphatic heterocycles. The molecule has 1 saturated heterocycles. The van der Waals surface area contributed by atoms with Gasteiger partial charge in [0.1, 0.15) is 17.3 Å². The largest absolute Gasteiger partial charge is 0.455 e. The summed E-state index contributed by atoms with van der Waals surface area (Å²) in [5.41, 5.74) is 1.24. The Labute approximate surface area is 197 Å². The first-order valence-corrected chi connectivity index (χ1v) is 11.7. The van der Waals surface area contributed by atoms with Crippen LogP contribution in [0.5, 0.6) is 23.0 Å². The molecular weight excluding hydrogens is 435 g/mol. The molecule has 2 aliphatic rings. The molecule has 2 fully saturated rings. The highest BCUT2D eigenvalue weighted by Crippen LogP contribution is 2.41. The van der Waals surface area contributed by atoms with E-state index in [2.05, 4.69) is 20.2 Å². The molecule has 1 saturated carbocycles. The molecule has 34 heavy (non-hydrogen) atoms. The number of hydrogen-bond acceptors (Lipinski definition) is 6. The van der Waals surface area contributed by atoms with Crippen LogP contribution < -0.4 is 19.7 Å². The SMILES string of the molecule is Cc1c(Oc2cnc(N3CCCCC3)nc2)ccc(NC(=O)C2CC2)c1Oc1ccc(F)cc1. The lowest BCUT2D eigenvalue weighted by atomic mass is 10.1. The van der Waals surface area contributed by atoms with Crippen LogP contribution in [0.3, 0.4) is 0 Å². The van der Waals surface area contributed by atoms with Crippen LogP contribution in [0.15, 0.2) is 48.8 Å². The van der Waals surface area contributed by atoms with E-state index in [9.17, 15) is 9.18 Å². The highest BCUT2D eigenvalue weighted by molar-refractivity contribution is 5.95. The van der Waals surface area contributed by atoms with E-state index >= 15 is 0 Å². The van der Waals surface area contributed by atoms with Gasteiger partial charge in [-0.25, -0.2) is 14.4 Å². The van der Waals surface area contributed by atoms with Crippen LogP contribution in [0, 0.1) is 18.7 Å². The Morgan fingerprint density at radius 1 is 0.971 bits per heavy atom. The van der Waals surface area contributed by atoms with E-state index in [0.717, 1.165) is 38.8 Å². The number of nitrogens with one attached hydrogen (secondary N) is 1. The monoisotopic (exact) mass is 462 g/mol. The van der Waals surface area contributed by atoms with Crippen LogP contribution in [0.2, 0.25) is 0 Å². The molecule has 0 radical (unpaired) electrons. The normalized spacial score (nSPS) is 15.6. The second kappa shape index (κ2) is 9.67. The molecule has 2 aromatic carbocycles. The maximum Gasteiger partial charge on any atom is 0.227 e. The first kappa shape index (κ1) is 22.1. The van der Waals surface area contributed by atoms with Crippen LogP contribution in [0.25, 0.3) is 0 Å². The maximum absolute atomic E-state index is 13.4. The lowest BCUT2D eigenvalue weighted by molar-refractivity contribution is -0.117. The van der Waals surface area contributed by atoms with Gasteiger partial charge in [-0.1, -0.05) is 0 Å². The van der Waals surface area contributed by atoms with Gasteiger partial charge >= 0.3 is 0 Å². The molecular formula is C26H27FN4O3. The molecule has 0 bridgehead atoms. The third-order valence-corrected chi connectivity index (χ3v) is 6.08. The number of nitrogens with zero attached hydrogens (tertiary/aromatic N) is 3. The molecule has 3 aromatic rings. The van der Waals surface area contributed by atoms with E-state index in [1.807, 2.05) is 6.92 Å². The number of anilines is 2. The summed E-state index contributed by atoms with van der Waals surface area (Å²) >= 11 is 0. The van der Waals surface area contributed by atoms with Gasteiger partial charge in [-0.15, -0.1) is 0 Å². The van der Waals surface area contributed by atoms with E-state index < -0.39 is 0 Å². The highest BCUT2D eigenvalue weighted by Gasteiger charge is 2.30. The fourth-order valence-corrected chi connectivity index (χ4v) is 3.96. The summed E-state index contributed by atoms with van der Waals surface area (Å²) in [5, 5.41) is 2.96. The van der Waals surface area contributed by atoms with Crippen LogP contribution in [-0.2, 0) is 4.79 Å². The Kier molecular flexibility index (Phi) is 6.29. The number of piperidine rings is 1. The minimum absolute atomic E-state index is 0.0290. The van der Waals surface area contributed by atoms with Crippen LogP contribution in [0.1, 0.15) is 37.7 Å². The van der Waals surface area contributed by atoms with Crippen molar-refractivity contribution in [2.75, 3.05) is 23.3 Å². The zero-order valence-electron chi connectivity index (χ0n) is 19.1. The molecule has 5 rings (SSSR count). The van der Waals surface area contributed by atoms with Crippen molar-refractivity contribution in [3.8, 4) is 23.0 Å². The van der Waals surface area contributed by atoms with Crippen LogP contribution >= 0.6 is 0 Å². The number of amides is 1. The Hall–Kier alpha value is -3.68. The van der Waals surface area contributed by atoms with Gasteiger partial charge in [-0.2, -0.15) is 0 Å². The fourth-order valence-electron chi connectivity index (χ4n) is 3.96. The lowest BCUT2D eigenvalue weighted by Crippen LogP contribution is -2.30. The van der Waals surface area contributed by atoms with Crippen LogP contribution in [-0.4, -0.2) is 29.0 Å². The molecule has 1 aliphatic carbocycles. The topological polar surface area (TPSA) is 76.6 Å².